The Hall–Kier alpha value is -3.20. The number of benzene rings is 1. The van der Waals surface area contributed by atoms with Crippen molar-refractivity contribution in [2.75, 3.05) is 18.9 Å². The van der Waals surface area contributed by atoms with E-state index in [1.165, 1.54) is 17.5 Å². The average molecular weight is 371 g/mol. The van der Waals surface area contributed by atoms with Crippen LogP contribution in [0.4, 0.5) is 9.93 Å². The molecule has 0 saturated carbocycles. The van der Waals surface area contributed by atoms with Crippen LogP contribution in [-0.2, 0) is 0 Å². The van der Waals surface area contributed by atoms with Gasteiger partial charge < -0.3 is 15.4 Å². The number of hydrogen-bond donors (Lipinski definition) is 3. The molecule has 8 nitrogen and oxygen atoms in total. The molecule has 0 radical (unpaired) electrons. The second kappa shape index (κ2) is 7.79. The van der Waals surface area contributed by atoms with E-state index in [0.29, 0.717) is 23.2 Å². The van der Waals surface area contributed by atoms with E-state index in [9.17, 15) is 9.59 Å². The minimum Gasteiger partial charge on any atom is -0.457 e. The topological polar surface area (TPSA) is 105 Å². The SMILES string of the molecule is CCNC(=O)Nc1nc2ccc(Oc3ccnc(C(=O)NC)c3)cc2s1. The molecule has 9 heteroatoms. The molecule has 3 rings (SSSR count). The number of pyridine rings is 1. The van der Waals surface area contributed by atoms with Crippen LogP contribution in [0.3, 0.4) is 0 Å². The molecular formula is C17H17N5O3S. The van der Waals surface area contributed by atoms with Gasteiger partial charge in [-0.15, -0.1) is 0 Å². The van der Waals surface area contributed by atoms with E-state index in [4.69, 9.17) is 4.74 Å². The van der Waals surface area contributed by atoms with Crippen LogP contribution in [-0.4, -0.2) is 35.5 Å². The monoisotopic (exact) mass is 371 g/mol. The first-order valence-corrected chi connectivity index (χ1v) is 8.72. The molecule has 1 aromatic carbocycles. The summed E-state index contributed by atoms with van der Waals surface area (Å²) in [6.45, 7) is 2.38. The first kappa shape index (κ1) is 17.6. The Kier molecular flexibility index (Phi) is 5.28. The third-order valence-corrected chi connectivity index (χ3v) is 4.28. The van der Waals surface area contributed by atoms with Crippen molar-refractivity contribution < 1.29 is 14.3 Å². The summed E-state index contributed by atoms with van der Waals surface area (Å²) in [5, 5.41) is 8.38. The number of hydrogen-bond acceptors (Lipinski definition) is 6. The van der Waals surface area contributed by atoms with Crippen molar-refractivity contribution in [3.8, 4) is 11.5 Å². The summed E-state index contributed by atoms with van der Waals surface area (Å²) in [6, 6.07) is 8.36. The van der Waals surface area contributed by atoms with Gasteiger partial charge in [0.05, 0.1) is 10.2 Å². The highest BCUT2D eigenvalue weighted by atomic mass is 32.1. The highest BCUT2D eigenvalue weighted by molar-refractivity contribution is 7.22. The lowest BCUT2D eigenvalue weighted by Gasteiger charge is -2.06. The molecule has 26 heavy (non-hydrogen) atoms. The van der Waals surface area contributed by atoms with E-state index in [1.807, 2.05) is 19.1 Å². The molecule has 0 fully saturated rings. The number of thiazole rings is 1. The zero-order valence-electron chi connectivity index (χ0n) is 14.2. The fraction of sp³-hybridized carbons (Fsp3) is 0.176. The Morgan fingerprint density at radius 3 is 2.77 bits per heavy atom. The van der Waals surface area contributed by atoms with Gasteiger partial charge in [-0.25, -0.2) is 9.78 Å². The molecule has 2 heterocycles. The molecule has 0 saturated heterocycles. The van der Waals surface area contributed by atoms with Gasteiger partial charge in [0.15, 0.2) is 5.13 Å². The number of carbonyl (C=O) groups excluding carboxylic acids is 2. The lowest BCUT2D eigenvalue weighted by Crippen LogP contribution is -2.28. The van der Waals surface area contributed by atoms with Crippen molar-refractivity contribution in [1.29, 1.82) is 0 Å². The van der Waals surface area contributed by atoms with Crippen molar-refractivity contribution in [1.82, 2.24) is 20.6 Å². The van der Waals surface area contributed by atoms with Crippen LogP contribution in [0, 0.1) is 0 Å². The van der Waals surface area contributed by atoms with Crippen LogP contribution in [0.15, 0.2) is 36.5 Å². The average Bonchev–Trinajstić information content (AvgIpc) is 3.02. The van der Waals surface area contributed by atoms with E-state index in [2.05, 4.69) is 25.9 Å². The van der Waals surface area contributed by atoms with Crippen LogP contribution >= 0.6 is 11.3 Å². The predicted octanol–water partition coefficient (Wildman–Crippen LogP) is 2.98. The molecule has 3 amide bonds. The number of urea groups is 1. The molecule has 134 valence electrons. The van der Waals surface area contributed by atoms with E-state index >= 15 is 0 Å². The largest absolute Gasteiger partial charge is 0.457 e. The number of carbonyl (C=O) groups is 2. The first-order valence-electron chi connectivity index (χ1n) is 7.90. The van der Waals surface area contributed by atoms with E-state index < -0.39 is 0 Å². The van der Waals surface area contributed by atoms with E-state index in [1.54, 1.807) is 25.2 Å². The van der Waals surface area contributed by atoms with E-state index in [-0.39, 0.29) is 17.6 Å². The number of anilines is 1. The van der Waals surface area contributed by atoms with Crippen molar-refractivity contribution >= 4 is 38.6 Å². The summed E-state index contributed by atoms with van der Waals surface area (Å²) < 4.78 is 6.68. The van der Waals surface area contributed by atoms with Crippen LogP contribution in [0.25, 0.3) is 10.2 Å². The Balaban J connectivity index is 1.79. The number of aromatic nitrogens is 2. The summed E-state index contributed by atoms with van der Waals surface area (Å²) in [5.41, 5.74) is 1.03. The standard InChI is InChI=1S/C17H17N5O3S/c1-3-19-16(24)22-17-21-12-5-4-10(9-14(12)26-17)25-11-6-7-20-13(8-11)15(23)18-2/h4-9H,3H2,1-2H3,(H,18,23)(H2,19,21,22,24). The predicted molar refractivity (Wildman–Crippen MR) is 100 cm³/mol. The maximum atomic E-state index is 11.7. The first-order chi connectivity index (χ1) is 12.6. The number of rotatable bonds is 5. The minimum absolute atomic E-state index is 0.275. The Bertz CT molecular complexity index is 956. The van der Waals surface area contributed by atoms with Crippen molar-refractivity contribution in [2.24, 2.45) is 0 Å². The Labute approximate surface area is 153 Å². The van der Waals surface area contributed by atoms with Crippen molar-refractivity contribution in [3.63, 3.8) is 0 Å². The molecule has 2 aromatic heterocycles. The van der Waals surface area contributed by atoms with Crippen LogP contribution in [0.5, 0.6) is 11.5 Å². The lowest BCUT2D eigenvalue weighted by atomic mass is 10.3. The van der Waals surface area contributed by atoms with Gasteiger partial charge in [0, 0.05) is 31.9 Å². The summed E-state index contributed by atoms with van der Waals surface area (Å²) >= 11 is 1.35. The third-order valence-electron chi connectivity index (χ3n) is 3.34. The number of nitrogens with zero attached hydrogens (tertiary/aromatic N) is 2. The third kappa shape index (κ3) is 4.06. The molecule has 0 bridgehead atoms. The lowest BCUT2D eigenvalue weighted by molar-refractivity contribution is 0.0958. The molecule has 0 unspecified atom stereocenters. The smallest absolute Gasteiger partial charge is 0.321 e. The molecule has 0 atom stereocenters. The Morgan fingerprint density at radius 1 is 1.19 bits per heavy atom. The molecule has 3 aromatic rings. The van der Waals surface area contributed by atoms with Crippen LogP contribution in [0.1, 0.15) is 17.4 Å². The molecule has 0 aliphatic rings. The van der Waals surface area contributed by atoms with Crippen LogP contribution in [0.2, 0.25) is 0 Å². The minimum atomic E-state index is -0.290. The fourth-order valence-corrected chi connectivity index (χ4v) is 3.08. The highest BCUT2D eigenvalue weighted by Crippen LogP contribution is 2.31. The summed E-state index contributed by atoms with van der Waals surface area (Å²) in [7, 11) is 1.54. The number of nitrogens with one attached hydrogen (secondary N) is 3. The number of fused-ring (bicyclic) bond motifs is 1. The summed E-state index contributed by atoms with van der Waals surface area (Å²) in [4.78, 5) is 31.6. The van der Waals surface area contributed by atoms with Gasteiger partial charge >= 0.3 is 6.03 Å². The number of amides is 3. The zero-order chi connectivity index (χ0) is 18.5. The van der Waals surface area contributed by atoms with E-state index in [0.717, 1.165) is 10.2 Å². The van der Waals surface area contributed by atoms with Gasteiger partial charge in [-0.3, -0.25) is 15.1 Å². The van der Waals surface area contributed by atoms with Gasteiger partial charge in [0.1, 0.15) is 17.2 Å². The van der Waals surface area contributed by atoms with Gasteiger partial charge in [-0.05, 0) is 25.1 Å². The van der Waals surface area contributed by atoms with Crippen LogP contribution < -0.4 is 20.7 Å². The Morgan fingerprint density at radius 2 is 2.00 bits per heavy atom. The van der Waals surface area contributed by atoms with Gasteiger partial charge in [0.2, 0.25) is 0 Å². The second-order valence-corrected chi connectivity index (χ2v) is 6.22. The molecular weight excluding hydrogens is 354 g/mol. The van der Waals surface area contributed by atoms with Crippen molar-refractivity contribution in [2.45, 2.75) is 6.92 Å². The second-order valence-electron chi connectivity index (χ2n) is 5.19. The normalized spacial score (nSPS) is 10.4. The maximum absolute atomic E-state index is 11.7. The molecule has 0 aliphatic heterocycles. The quantitative estimate of drug-likeness (QED) is 0.639. The summed E-state index contributed by atoms with van der Waals surface area (Å²) in [5.74, 6) is 0.817. The van der Waals surface area contributed by atoms with Gasteiger partial charge in [-0.2, -0.15) is 0 Å². The van der Waals surface area contributed by atoms with Crippen molar-refractivity contribution in [3.05, 3.63) is 42.2 Å². The molecule has 0 aliphatic carbocycles. The fourth-order valence-electron chi connectivity index (χ4n) is 2.19. The summed E-state index contributed by atoms with van der Waals surface area (Å²) in [6.07, 6.45) is 1.51. The maximum Gasteiger partial charge on any atom is 0.321 e. The highest BCUT2D eigenvalue weighted by Gasteiger charge is 2.10. The van der Waals surface area contributed by atoms with Gasteiger partial charge in [-0.1, -0.05) is 11.3 Å². The van der Waals surface area contributed by atoms with Gasteiger partial charge in [0.25, 0.3) is 5.91 Å². The molecule has 3 N–H and O–H groups in total. The number of ether oxygens (including phenoxy) is 1. The zero-order valence-corrected chi connectivity index (χ0v) is 15.0. The molecule has 0 spiro atoms.